The summed E-state index contributed by atoms with van der Waals surface area (Å²) in [6.07, 6.45) is 2.30. The largest absolute Gasteiger partial charge is 0.316 e. The molecule has 9 aromatic carbocycles. The quantitative estimate of drug-likeness (QED) is 0.147. The Bertz CT molecular complexity index is 2910. The van der Waals surface area contributed by atoms with E-state index in [0.717, 1.165) is 5.69 Å². The van der Waals surface area contributed by atoms with Gasteiger partial charge in [-0.1, -0.05) is 206 Å². The molecule has 1 nitrogen and oxygen atoms in total. The predicted molar refractivity (Wildman–Crippen MR) is 241 cm³/mol. The molecule has 0 aliphatic carbocycles. The van der Waals surface area contributed by atoms with Gasteiger partial charge in [-0.15, -0.1) is 0 Å². The van der Waals surface area contributed by atoms with E-state index in [1.54, 1.807) is 0 Å². The molecule has 57 heavy (non-hydrogen) atoms. The second-order valence-corrected chi connectivity index (χ2v) is 14.6. The third-order valence-corrected chi connectivity index (χ3v) is 11.1. The summed E-state index contributed by atoms with van der Waals surface area (Å²) >= 11 is 0. The van der Waals surface area contributed by atoms with Crippen LogP contribution in [0.15, 0.2) is 237 Å². The molecule has 0 aliphatic rings. The molecule has 0 saturated heterocycles. The van der Waals surface area contributed by atoms with Crippen LogP contribution in [-0.4, -0.2) is 4.57 Å². The van der Waals surface area contributed by atoms with Crippen LogP contribution in [0.2, 0.25) is 0 Å². The molecule has 10 aromatic rings. The van der Waals surface area contributed by atoms with Crippen molar-refractivity contribution in [1.82, 2.24) is 4.57 Å². The topological polar surface area (TPSA) is 4.93 Å². The zero-order chi connectivity index (χ0) is 38.0. The van der Waals surface area contributed by atoms with E-state index < -0.39 is 0 Å². The highest BCUT2D eigenvalue weighted by Gasteiger charge is 2.14. The molecule has 0 bridgehead atoms. The van der Waals surface area contributed by atoms with Crippen LogP contribution in [0.3, 0.4) is 0 Å². The molecule has 0 unspecified atom stereocenters. The number of hydrogen-bond donors (Lipinski definition) is 0. The maximum absolute atomic E-state index is 2.36. The van der Waals surface area contributed by atoms with Gasteiger partial charge in [-0.3, -0.25) is 0 Å². The van der Waals surface area contributed by atoms with Gasteiger partial charge in [0.1, 0.15) is 0 Å². The van der Waals surface area contributed by atoms with E-state index in [1.807, 2.05) is 0 Å². The van der Waals surface area contributed by atoms with Gasteiger partial charge in [-0.25, -0.2) is 0 Å². The Morgan fingerprint density at radius 3 is 0.877 bits per heavy atom. The van der Waals surface area contributed by atoms with Gasteiger partial charge in [-0.2, -0.15) is 0 Å². The van der Waals surface area contributed by atoms with Crippen LogP contribution in [0, 0.1) is 0 Å². The van der Waals surface area contributed by atoms with Crippen molar-refractivity contribution in [2.75, 3.05) is 0 Å². The molecule has 1 heterocycles. The summed E-state index contributed by atoms with van der Waals surface area (Å²) in [4.78, 5) is 0. The van der Waals surface area contributed by atoms with E-state index in [-0.39, 0.29) is 0 Å². The fourth-order valence-electron chi connectivity index (χ4n) is 7.97. The van der Waals surface area contributed by atoms with Crippen molar-refractivity contribution in [3.8, 4) is 83.6 Å². The summed E-state index contributed by atoms with van der Waals surface area (Å²) in [5.74, 6) is 0. The summed E-state index contributed by atoms with van der Waals surface area (Å²) in [5.41, 5.74) is 19.3. The molecule has 10 rings (SSSR count). The van der Waals surface area contributed by atoms with Crippen molar-refractivity contribution in [2.24, 2.45) is 0 Å². The fraction of sp³-hybridized carbons (Fsp3) is 0. The summed E-state index contributed by atoms with van der Waals surface area (Å²) in [6.45, 7) is 0. The molecule has 0 spiro atoms. The van der Waals surface area contributed by atoms with Gasteiger partial charge in [0.25, 0.3) is 0 Å². The van der Waals surface area contributed by atoms with Crippen molar-refractivity contribution in [3.05, 3.63) is 237 Å². The van der Waals surface area contributed by atoms with Crippen molar-refractivity contribution in [1.29, 1.82) is 0 Å². The van der Waals surface area contributed by atoms with Crippen LogP contribution in [0.25, 0.3) is 94.5 Å². The van der Waals surface area contributed by atoms with E-state index >= 15 is 0 Å². The maximum Gasteiger partial charge on any atom is 0.0535 e. The highest BCUT2D eigenvalue weighted by atomic mass is 15.0. The van der Waals surface area contributed by atoms with Crippen molar-refractivity contribution >= 4 is 10.9 Å². The van der Waals surface area contributed by atoms with Crippen molar-refractivity contribution in [2.45, 2.75) is 0 Å². The highest BCUT2D eigenvalue weighted by molar-refractivity contribution is 6.00. The Kier molecular flexibility index (Phi) is 8.95. The zero-order valence-electron chi connectivity index (χ0n) is 31.5. The predicted octanol–water partition coefficient (Wildman–Crippen LogP) is 15.3. The molecule has 0 saturated carbocycles. The first kappa shape index (κ1) is 34.0. The lowest BCUT2D eigenvalue weighted by molar-refractivity contribution is 1.13. The van der Waals surface area contributed by atoms with Crippen LogP contribution >= 0.6 is 0 Å². The summed E-state index contributed by atoms with van der Waals surface area (Å²) in [7, 11) is 0. The Labute approximate surface area is 334 Å². The Morgan fingerprint density at radius 2 is 0.509 bits per heavy atom. The Hall–Kier alpha value is -7.48. The minimum atomic E-state index is 1.14. The normalized spacial score (nSPS) is 11.2. The van der Waals surface area contributed by atoms with Gasteiger partial charge in [0.05, 0.1) is 5.52 Å². The summed E-state index contributed by atoms with van der Waals surface area (Å²) < 4.78 is 2.33. The van der Waals surface area contributed by atoms with Crippen LogP contribution in [0.4, 0.5) is 0 Å². The lowest BCUT2D eigenvalue weighted by Crippen LogP contribution is -1.92. The number of benzene rings is 9. The van der Waals surface area contributed by atoms with Crippen LogP contribution in [-0.2, 0) is 0 Å². The molecule has 0 fully saturated rings. The van der Waals surface area contributed by atoms with Crippen LogP contribution < -0.4 is 0 Å². The molecule has 0 radical (unpaired) electrons. The molecule has 0 atom stereocenters. The summed E-state index contributed by atoms with van der Waals surface area (Å²) in [5, 5.41) is 1.22. The molecule has 0 amide bonds. The molecular formula is C56H39N. The van der Waals surface area contributed by atoms with Crippen LogP contribution in [0.1, 0.15) is 0 Å². The average molecular weight is 726 g/mol. The molecule has 0 aliphatic heterocycles. The third kappa shape index (κ3) is 6.88. The number of aromatic nitrogens is 1. The van der Waals surface area contributed by atoms with E-state index in [9.17, 15) is 0 Å². The highest BCUT2D eigenvalue weighted by Crippen LogP contribution is 2.38. The van der Waals surface area contributed by atoms with E-state index in [0.29, 0.717) is 0 Å². The fourth-order valence-corrected chi connectivity index (χ4v) is 7.97. The van der Waals surface area contributed by atoms with E-state index in [4.69, 9.17) is 0 Å². The van der Waals surface area contributed by atoms with E-state index in [2.05, 4.69) is 241 Å². The smallest absolute Gasteiger partial charge is 0.0535 e. The minimum absolute atomic E-state index is 1.14. The molecular weight excluding hydrogens is 687 g/mol. The van der Waals surface area contributed by atoms with Gasteiger partial charge < -0.3 is 4.57 Å². The van der Waals surface area contributed by atoms with E-state index in [1.165, 1.54) is 88.8 Å². The second-order valence-electron chi connectivity index (χ2n) is 14.6. The van der Waals surface area contributed by atoms with Gasteiger partial charge in [-0.05, 0) is 96.6 Å². The second kappa shape index (κ2) is 15.0. The number of nitrogens with zero attached hydrogens (tertiary/aromatic N) is 1. The first-order chi connectivity index (χ1) is 28.2. The number of hydrogen-bond acceptors (Lipinski definition) is 0. The van der Waals surface area contributed by atoms with Crippen molar-refractivity contribution < 1.29 is 0 Å². The van der Waals surface area contributed by atoms with Gasteiger partial charge in [0.15, 0.2) is 0 Å². The first-order valence-corrected chi connectivity index (χ1v) is 19.6. The SMILES string of the molecule is c1ccc(-c2ccc(-c3ccc(-c4ccc5c(c4)c(-c4ccc(-c6ccc(-c7ccccc7)cc6)cc4)cn5-c4ccc(-c5ccccc5)cc4)cc3)cc2)cc1. The Balaban J connectivity index is 0.993. The van der Waals surface area contributed by atoms with Gasteiger partial charge in [0.2, 0.25) is 0 Å². The molecule has 1 heteroatoms. The minimum Gasteiger partial charge on any atom is -0.316 e. The average Bonchev–Trinajstić information content (AvgIpc) is 3.69. The van der Waals surface area contributed by atoms with Gasteiger partial charge >= 0.3 is 0 Å². The molecule has 1 aromatic heterocycles. The molecule has 268 valence electrons. The van der Waals surface area contributed by atoms with Crippen LogP contribution in [0.5, 0.6) is 0 Å². The summed E-state index contributed by atoms with van der Waals surface area (Å²) in [6, 6.07) is 83.2. The first-order valence-electron chi connectivity index (χ1n) is 19.6. The lowest BCUT2D eigenvalue weighted by atomic mass is 9.96. The lowest BCUT2D eigenvalue weighted by Gasteiger charge is -2.09. The standard InChI is InChI=1S/C56H39N/c1-4-10-40(11-5-1)43-16-20-45(21-17-43)47-24-26-50(27-25-47)52-34-37-56-54(38-52)55(39-57(56)53-35-32-49(33-36-53)42-14-8-3-9-15-42)51-30-28-48(29-31-51)46-22-18-44(19-23-46)41-12-6-2-7-13-41/h1-39H. The maximum atomic E-state index is 2.36. The molecule has 0 N–H and O–H groups in total. The monoisotopic (exact) mass is 725 g/mol. The number of rotatable bonds is 8. The zero-order valence-corrected chi connectivity index (χ0v) is 31.5. The van der Waals surface area contributed by atoms with Crippen molar-refractivity contribution in [3.63, 3.8) is 0 Å². The Morgan fingerprint density at radius 1 is 0.228 bits per heavy atom. The third-order valence-electron chi connectivity index (χ3n) is 11.1. The number of fused-ring (bicyclic) bond motifs is 1. The van der Waals surface area contributed by atoms with Gasteiger partial charge in [0, 0.05) is 22.8 Å².